The monoisotopic (exact) mass is 229 g/mol. The van der Waals surface area contributed by atoms with Gasteiger partial charge < -0.3 is 0 Å². The van der Waals surface area contributed by atoms with Gasteiger partial charge in [-0.25, -0.2) is 0 Å². The lowest BCUT2D eigenvalue weighted by Gasteiger charge is -2.22. The summed E-state index contributed by atoms with van der Waals surface area (Å²) in [7, 11) is 2.09. The Bertz CT molecular complexity index is 309. The molecule has 86 valence electrons. The van der Waals surface area contributed by atoms with Crippen molar-refractivity contribution in [1.29, 1.82) is 0 Å². The molecule has 0 bridgehead atoms. The molecule has 1 aromatic rings. The Kier molecular flexibility index (Phi) is 4.61. The van der Waals surface area contributed by atoms with Crippen molar-refractivity contribution >= 4 is 11.6 Å². The van der Waals surface area contributed by atoms with E-state index >= 15 is 0 Å². The Morgan fingerprint density at radius 3 is 2.80 bits per heavy atom. The van der Waals surface area contributed by atoms with Gasteiger partial charge in [0.2, 0.25) is 0 Å². The van der Waals surface area contributed by atoms with Gasteiger partial charge in [-0.1, -0.05) is 0 Å². The number of halogens is 1. The fourth-order valence-corrected chi connectivity index (χ4v) is 1.76. The van der Waals surface area contributed by atoms with Gasteiger partial charge in [0.1, 0.15) is 0 Å². The lowest BCUT2D eigenvalue weighted by atomic mass is 10.3. The van der Waals surface area contributed by atoms with Crippen molar-refractivity contribution in [2.24, 2.45) is 0 Å². The molecule has 0 saturated heterocycles. The SMILES string of the molecule is CCn1nc(C)cc1CN(C)C(C)CCl. The van der Waals surface area contributed by atoms with E-state index in [2.05, 4.69) is 37.0 Å². The lowest BCUT2D eigenvalue weighted by molar-refractivity contribution is 0.260. The van der Waals surface area contributed by atoms with E-state index in [-0.39, 0.29) is 0 Å². The van der Waals surface area contributed by atoms with Crippen LogP contribution in [0.2, 0.25) is 0 Å². The van der Waals surface area contributed by atoms with Gasteiger partial charge in [0.15, 0.2) is 0 Å². The number of aromatic nitrogens is 2. The summed E-state index contributed by atoms with van der Waals surface area (Å²) in [5, 5.41) is 4.42. The van der Waals surface area contributed by atoms with Gasteiger partial charge in [-0.2, -0.15) is 5.10 Å². The topological polar surface area (TPSA) is 21.1 Å². The second-order valence-electron chi connectivity index (χ2n) is 4.01. The molecular formula is C11H20ClN3. The Balaban J connectivity index is 2.70. The molecule has 3 nitrogen and oxygen atoms in total. The van der Waals surface area contributed by atoms with Crippen LogP contribution < -0.4 is 0 Å². The summed E-state index contributed by atoms with van der Waals surface area (Å²) in [5.41, 5.74) is 2.34. The first kappa shape index (κ1) is 12.5. The molecule has 0 amide bonds. The first-order chi connectivity index (χ1) is 7.08. The maximum atomic E-state index is 5.83. The van der Waals surface area contributed by atoms with Crippen LogP contribution in [0.3, 0.4) is 0 Å². The molecule has 0 fully saturated rings. The van der Waals surface area contributed by atoms with E-state index in [1.54, 1.807) is 0 Å². The van der Waals surface area contributed by atoms with Crippen molar-refractivity contribution in [3.05, 3.63) is 17.5 Å². The largest absolute Gasteiger partial charge is 0.297 e. The van der Waals surface area contributed by atoms with Crippen LogP contribution in [0, 0.1) is 6.92 Å². The molecule has 1 heterocycles. The van der Waals surface area contributed by atoms with Crippen molar-refractivity contribution in [2.45, 2.75) is 39.9 Å². The molecule has 1 unspecified atom stereocenters. The minimum atomic E-state index is 0.396. The average molecular weight is 230 g/mol. The predicted octanol–water partition coefficient (Wildman–Crippen LogP) is 2.27. The van der Waals surface area contributed by atoms with E-state index in [1.807, 2.05) is 11.6 Å². The molecule has 0 N–H and O–H groups in total. The number of hydrogen-bond acceptors (Lipinski definition) is 2. The van der Waals surface area contributed by atoms with Gasteiger partial charge in [0.05, 0.1) is 11.4 Å². The molecule has 0 aliphatic rings. The van der Waals surface area contributed by atoms with Crippen molar-refractivity contribution in [3.63, 3.8) is 0 Å². The third kappa shape index (κ3) is 3.21. The summed E-state index contributed by atoms with van der Waals surface area (Å²) in [5.74, 6) is 0.662. The van der Waals surface area contributed by atoms with Gasteiger partial charge in [-0.05, 0) is 33.9 Å². The van der Waals surface area contributed by atoms with E-state index in [9.17, 15) is 0 Å². The molecule has 1 aromatic heterocycles. The van der Waals surface area contributed by atoms with Crippen LogP contribution in [0.25, 0.3) is 0 Å². The maximum absolute atomic E-state index is 5.83. The van der Waals surface area contributed by atoms with Crippen LogP contribution in [0.1, 0.15) is 25.2 Å². The van der Waals surface area contributed by atoms with Crippen molar-refractivity contribution in [2.75, 3.05) is 12.9 Å². The van der Waals surface area contributed by atoms with Gasteiger partial charge in [-0.3, -0.25) is 9.58 Å². The van der Waals surface area contributed by atoms with E-state index in [4.69, 9.17) is 11.6 Å². The summed E-state index contributed by atoms with van der Waals surface area (Å²) in [6, 6.07) is 2.54. The molecule has 15 heavy (non-hydrogen) atoms. The number of nitrogens with zero attached hydrogens (tertiary/aromatic N) is 3. The first-order valence-electron chi connectivity index (χ1n) is 5.38. The van der Waals surface area contributed by atoms with E-state index in [0.717, 1.165) is 18.8 Å². The Labute approximate surface area is 97.0 Å². The summed E-state index contributed by atoms with van der Waals surface area (Å²) in [6.45, 7) is 8.10. The summed E-state index contributed by atoms with van der Waals surface area (Å²) < 4.78 is 2.05. The molecule has 1 rings (SSSR count). The molecule has 0 aliphatic heterocycles. The third-order valence-electron chi connectivity index (χ3n) is 2.67. The molecular weight excluding hydrogens is 210 g/mol. The van der Waals surface area contributed by atoms with Crippen LogP contribution in [0.4, 0.5) is 0 Å². The standard InChI is InChI=1S/C11H20ClN3/c1-5-15-11(6-9(2)13-15)8-14(4)10(3)7-12/h6,10H,5,7-8H2,1-4H3. The fraction of sp³-hybridized carbons (Fsp3) is 0.727. The highest BCUT2D eigenvalue weighted by atomic mass is 35.5. The van der Waals surface area contributed by atoms with Crippen molar-refractivity contribution < 1.29 is 0 Å². The van der Waals surface area contributed by atoms with Crippen LogP contribution in [-0.4, -0.2) is 33.6 Å². The second kappa shape index (κ2) is 5.52. The highest BCUT2D eigenvalue weighted by molar-refractivity contribution is 6.18. The molecule has 0 aliphatic carbocycles. The summed E-state index contributed by atoms with van der Waals surface area (Å²) >= 11 is 5.83. The van der Waals surface area contributed by atoms with Crippen molar-refractivity contribution in [3.8, 4) is 0 Å². The molecule has 0 spiro atoms. The van der Waals surface area contributed by atoms with Crippen LogP contribution in [-0.2, 0) is 13.1 Å². The second-order valence-corrected chi connectivity index (χ2v) is 4.32. The Morgan fingerprint density at radius 2 is 2.27 bits per heavy atom. The van der Waals surface area contributed by atoms with Gasteiger partial charge in [-0.15, -0.1) is 11.6 Å². The quantitative estimate of drug-likeness (QED) is 0.723. The summed E-state index contributed by atoms with van der Waals surface area (Å²) in [6.07, 6.45) is 0. The van der Waals surface area contributed by atoms with Crippen molar-refractivity contribution in [1.82, 2.24) is 14.7 Å². The zero-order valence-corrected chi connectivity index (χ0v) is 10.8. The predicted molar refractivity (Wildman–Crippen MR) is 64.3 cm³/mol. The van der Waals surface area contributed by atoms with Crippen LogP contribution in [0.15, 0.2) is 6.07 Å². The molecule has 4 heteroatoms. The van der Waals surface area contributed by atoms with E-state index in [0.29, 0.717) is 11.9 Å². The minimum absolute atomic E-state index is 0.396. The number of aryl methyl sites for hydroxylation is 2. The smallest absolute Gasteiger partial charge is 0.0597 e. The summed E-state index contributed by atoms with van der Waals surface area (Å²) in [4.78, 5) is 2.25. The van der Waals surface area contributed by atoms with Gasteiger partial charge in [0.25, 0.3) is 0 Å². The molecule has 0 saturated carbocycles. The zero-order chi connectivity index (χ0) is 11.4. The normalized spacial score (nSPS) is 13.5. The van der Waals surface area contributed by atoms with E-state index in [1.165, 1.54) is 5.69 Å². The highest BCUT2D eigenvalue weighted by Gasteiger charge is 2.11. The highest BCUT2D eigenvalue weighted by Crippen LogP contribution is 2.09. The van der Waals surface area contributed by atoms with Gasteiger partial charge in [0, 0.05) is 25.0 Å². The van der Waals surface area contributed by atoms with Crippen LogP contribution >= 0.6 is 11.6 Å². The van der Waals surface area contributed by atoms with Gasteiger partial charge >= 0.3 is 0 Å². The maximum Gasteiger partial charge on any atom is 0.0597 e. The third-order valence-corrected chi connectivity index (χ3v) is 3.12. The lowest BCUT2D eigenvalue weighted by Crippen LogP contribution is -2.30. The Hall–Kier alpha value is -0.540. The van der Waals surface area contributed by atoms with E-state index < -0.39 is 0 Å². The molecule has 1 atom stereocenters. The Morgan fingerprint density at radius 1 is 1.60 bits per heavy atom. The number of hydrogen-bond donors (Lipinski definition) is 0. The average Bonchev–Trinajstić information content (AvgIpc) is 2.57. The number of alkyl halides is 1. The zero-order valence-electron chi connectivity index (χ0n) is 10.00. The molecule has 0 aromatic carbocycles. The first-order valence-corrected chi connectivity index (χ1v) is 5.91. The minimum Gasteiger partial charge on any atom is -0.297 e. The molecule has 0 radical (unpaired) electrons. The number of rotatable bonds is 5. The van der Waals surface area contributed by atoms with Crippen LogP contribution in [0.5, 0.6) is 0 Å². The fourth-order valence-electron chi connectivity index (χ4n) is 1.53.